The average Bonchev–Trinajstić information content (AvgIpc) is 1.62. The Morgan fingerprint density at radius 2 is 0.597 bits per heavy atom. The minimum atomic E-state index is -1.39. The molecular formula is C124H232F2N16O2. The topological polar surface area (TPSA) is 163 Å². The first kappa shape index (κ1) is 123. The number of aliphatic hydroxyl groups is 2. The number of benzene rings is 2. The summed E-state index contributed by atoms with van der Waals surface area (Å²) >= 11 is 0. The highest BCUT2D eigenvalue weighted by molar-refractivity contribution is 5.32. The number of aliphatic hydroxyl groups excluding tert-OH is 2. The highest BCUT2D eigenvalue weighted by atomic mass is 19.1. The summed E-state index contributed by atoms with van der Waals surface area (Å²) < 4.78 is 28.8. The Morgan fingerprint density at radius 1 is 0.319 bits per heavy atom. The maximum atomic E-state index is 14.5. The van der Waals surface area contributed by atoms with Crippen molar-refractivity contribution in [3.05, 3.63) is 70.8 Å². The zero-order valence-electron chi connectivity index (χ0n) is 99.9. The molecule has 28 atom stereocenters. The van der Waals surface area contributed by atoms with Crippen LogP contribution in [0.15, 0.2) is 48.5 Å². The Bertz CT molecular complexity index is 3860. The first-order chi connectivity index (χ1) is 67.2. The lowest BCUT2D eigenvalue weighted by Crippen LogP contribution is -2.60. The summed E-state index contributed by atoms with van der Waals surface area (Å²) in [6.07, 6.45) is 42.5. The SMILES string of the molecule is CC(C)(C)N[C@H]1CCCC[C@@H]1N1CCC[C@@](F)(CO)C1.CC(C)N[C@H]1CCCC[C@@H]1N1CCC[C@](F)(CO)C1.CC(C)N[C@H]1C[C@@H]2C[C@@H]2C[C@@H]1N(C)C.CCCc1cccc([C@H]2CC[C@H](NC(C)(C)C)[C@@H](N(C)C)C2)c1.CN(C)[C@@H]1C[C@@H]2C[C@@H]2C[C@H]1NC(C)(C)C.CN(C)[C@@H]1C[C@H]2C[C@H]2C[C@H]1NC(C)(C)C.CN(C)[C@H]1C[C@@H](c2cccc(C3CC3)c2)CC[C@@H]1NC(C)(C)C.CN(C)[C@H]1C[C@@H]2C[C@@H]2C[C@@H]1NC(C)(C)C. The van der Waals surface area contributed by atoms with Crippen LogP contribution in [0.1, 0.15) is 411 Å². The van der Waals surface area contributed by atoms with Crippen LogP contribution in [0, 0.1) is 47.3 Å². The van der Waals surface area contributed by atoms with Crippen LogP contribution in [0.25, 0.3) is 0 Å². The van der Waals surface area contributed by atoms with Gasteiger partial charge in [-0.05, 0) is 496 Å². The van der Waals surface area contributed by atoms with Crippen molar-refractivity contribution in [2.75, 3.05) is 124 Å². The molecule has 0 unspecified atom stereocenters. The molecule has 2 aromatic rings. The molecule has 0 radical (unpaired) electrons. The summed E-state index contributed by atoms with van der Waals surface area (Å²) in [6.45, 7) is 54.0. The third kappa shape index (κ3) is 41.0. The molecule has 13 aliphatic carbocycles. The Hall–Kier alpha value is -2.42. The molecule has 0 aromatic heterocycles. The number of nitrogens with one attached hydrogen (secondary N) is 8. The number of rotatable bonds is 25. The smallest absolute Gasteiger partial charge is 0.146 e. The number of aryl methyl sites for hydroxylation is 1. The third-order valence-corrected chi connectivity index (χ3v) is 35.4. The van der Waals surface area contributed by atoms with E-state index in [1.54, 1.807) is 16.7 Å². The normalized spacial score (nSPS) is 35.5. The van der Waals surface area contributed by atoms with Crippen LogP contribution in [0.2, 0.25) is 0 Å². The summed E-state index contributed by atoms with van der Waals surface area (Å²) in [4.78, 5) is 19.1. The van der Waals surface area contributed by atoms with Crippen molar-refractivity contribution in [1.29, 1.82) is 0 Å². The molecule has 2 aromatic carbocycles. The Labute approximate surface area is 886 Å². The van der Waals surface area contributed by atoms with Crippen LogP contribution >= 0.6 is 0 Å². The van der Waals surface area contributed by atoms with E-state index in [2.05, 4.69) is 374 Å². The predicted molar refractivity (Wildman–Crippen MR) is 612 cm³/mol. The fourth-order valence-electron chi connectivity index (χ4n) is 28.2. The van der Waals surface area contributed by atoms with Gasteiger partial charge in [-0.25, -0.2) is 8.78 Å². The van der Waals surface area contributed by atoms with Crippen molar-refractivity contribution in [2.45, 2.75) is 549 Å². The summed E-state index contributed by atoms with van der Waals surface area (Å²) in [5.74, 6) is 10.7. The molecule has 15 aliphatic rings. The second-order valence-electron chi connectivity index (χ2n) is 57.9. The molecule has 144 heavy (non-hydrogen) atoms. The van der Waals surface area contributed by atoms with Gasteiger partial charge in [-0.2, -0.15) is 0 Å². The monoisotopic (exact) mass is 2020 g/mol. The molecule has 0 spiro atoms. The molecule has 0 bridgehead atoms. The third-order valence-electron chi connectivity index (χ3n) is 35.4. The fourth-order valence-corrected chi connectivity index (χ4v) is 28.2. The zero-order valence-corrected chi connectivity index (χ0v) is 99.9. The number of nitrogens with zero attached hydrogens (tertiary/aromatic N) is 8. The van der Waals surface area contributed by atoms with Crippen LogP contribution in [-0.4, -0.2) is 327 Å². The van der Waals surface area contributed by atoms with Gasteiger partial charge in [0, 0.05) is 155 Å². The van der Waals surface area contributed by atoms with E-state index >= 15 is 0 Å². The Kier molecular flexibility index (Phi) is 46.5. The van der Waals surface area contributed by atoms with Crippen molar-refractivity contribution in [1.82, 2.24) is 81.7 Å². The largest absolute Gasteiger partial charge is 0.393 e. The predicted octanol–water partition coefficient (Wildman–Crippen LogP) is 21.7. The molecule has 2 aliphatic heterocycles. The Balaban J connectivity index is 0.000000170. The molecule has 0 amide bonds. The van der Waals surface area contributed by atoms with Gasteiger partial charge in [0.2, 0.25) is 0 Å². The molecule has 13 saturated carbocycles. The van der Waals surface area contributed by atoms with Crippen molar-refractivity contribution >= 4 is 0 Å². The number of hydrogen-bond donors (Lipinski definition) is 10. The average molecular weight is 2020 g/mol. The van der Waals surface area contributed by atoms with E-state index < -0.39 is 11.3 Å². The molecule has 18 nitrogen and oxygen atoms in total. The maximum absolute atomic E-state index is 14.5. The standard InChI is InChI=1S/C21H34N2.C21H36N2.C16H31FN2O.C15H29FN2O.3C13H26N2.C12H24N2/c1-21(2,3)22-19-12-11-18(14-20(19)23(4)5)17-8-6-7-16(13-17)15-9-10-15;1-7-9-16-10-8-11-17(14-16)18-12-13-19(22-21(2,3)4)20(15-18)23(5)6;1-15(2,3)18-13-7-4-5-8-14(13)19-10-6-9-16(17,11-19)12-20;1-12(2)17-13-6-3-4-7-14(13)18-9-5-8-15(16,10-18)11-19;3*1-13(2,3)14-11-7-9-6-10(9)8-12(11)15(4)5;1-8(2)13-11-6-9-5-10(9)7-12(11)14(3)4/h6-8,13,15,18-20,22H,9-12,14H2,1-5H3;8,10-11,14,18-20,22H,7,9,12-13,15H2,1-6H3;13-14,18,20H,4-12H2,1-3H3;12-14,17,19H,3-11H2,1-2H3;3*9-12,14H,6-8H2,1-5H3;8-13H,5-7H2,1-4H3/t2*18-,19-,20-;13-,14-,16-;13-,14-,15+;2*9-,10+,11+,12+;2*9-,10+,11-,12-/m00001010/s1. The van der Waals surface area contributed by atoms with Crippen molar-refractivity contribution in [3.8, 4) is 0 Å². The van der Waals surface area contributed by atoms with E-state index in [0.717, 1.165) is 128 Å². The molecule has 15 fully saturated rings. The lowest BCUT2D eigenvalue weighted by Gasteiger charge is -2.47. The van der Waals surface area contributed by atoms with Crippen LogP contribution in [0.5, 0.6) is 0 Å². The number of alkyl halides is 2. The van der Waals surface area contributed by atoms with Gasteiger partial charge in [0.05, 0.1) is 13.2 Å². The number of piperidine rings is 2. The van der Waals surface area contributed by atoms with Crippen molar-refractivity contribution in [2.24, 2.45) is 47.3 Å². The first-order valence-electron chi connectivity index (χ1n) is 59.6. The summed E-state index contributed by atoms with van der Waals surface area (Å²) in [7, 11) is 26.8. The van der Waals surface area contributed by atoms with Gasteiger partial charge in [-0.15, -0.1) is 0 Å². The number of hydrogen-bond acceptors (Lipinski definition) is 18. The first-order valence-corrected chi connectivity index (χ1v) is 59.6. The Morgan fingerprint density at radius 3 is 0.931 bits per heavy atom. The van der Waals surface area contributed by atoms with Crippen LogP contribution in [0.3, 0.4) is 0 Å². The van der Waals surface area contributed by atoms with Gasteiger partial charge in [-0.3, -0.25) is 9.80 Å². The second-order valence-corrected chi connectivity index (χ2v) is 57.9. The van der Waals surface area contributed by atoms with Gasteiger partial charge in [0.25, 0.3) is 0 Å². The minimum absolute atomic E-state index is 0.0970. The molecule has 10 N–H and O–H groups in total. The summed E-state index contributed by atoms with van der Waals surface area (Å²) in [6, 6.07) is 30.0. The van der Waals surface area contributed by atoms with Gasteiger partial charge in [-0.1, -0.05) is 115 Å². The molecular weight excluding hydrogens is 1780 g/mol. The molecule has 834 valence electrons. The van der Waals surface area contributed by atoms with Crippen LogP contribution in [-0.2, 0) is 6.42 Å². The lowest BCUT2D eigenvalue weighted by molar-refractivity contribution is -0.0293. The fraction of sp³-hybridized carbons (Fsp3) is 0.903. The highest BCUT2D eigenvalue weighted by Crippen LogP contribution is 2.55. The van der Waals surface area contributed by atoms with E-state index in [9.17, 15) is 19.0 Å². The van der Waals surface area contributed by atoms with Crippen LogP contribution < -0.4 is 42.5 Å². The summed E-state index contributed by atoms with van der Waals surface area (Å²) in [5, 5.41) is 48.8. The second kappa shape index (κ2) is 54.3. The van der Waals surface area contributed by atoms with Gasteiger partial charge in [0.15, 0.2) is 0 Å². The van der Waals surface area contributed by atoms with Gasteiger partial charge < -0.3 is 82.1 Å². The van der Waals surface area contributed by atoms with E-state index in [-0.39, 0.29) is 46.4 Å². The molecule has 2 heterocycles. The van der Waals surface area contributed by atoms with E-state index in [1.807, 2.05) is 0 Å². The van der Waals surface area contributed by atoms with E-state index in [1.165, 1.54) is 185 Å². The van der Waals surface area contributed by atoms with E-state index in [4.69, 9.17) is 0 Å². The van der Waals surface area contributed by atoms with E-state index in [0.29, 0.717) is 110 Å². The van der Waals surface area contributed by atoms with Crippen molar-refractivity contribution in [3.63, 3.8) is 0 Å². The highest BCUT2D eigenvalue weighted by Gasteiger charge is 2.53. The van der Waals surface area contributed by atoms with Crippen LogP contribution in [0.4, 0.5) is 8.78 Å². The number of likely N-dealkylation sites (N-methyl/N-ethyl adjacent to an activating group) is 6. The van der Waals surface area contributed by atoms with Crippen molar-refractivity contribution < 1.29 is 19.0 Å². The quantitative estimate of drug-likeness (QED) is 0.0457. The minimum Gasteiger partial charge on any atom is -0.393 e. The zero-order chi connectivity index (χ0) is 106. The van der Waals surface area contributed by atoms with Gasteiger partial charge >= 0.3 is 0 Å². The molecule has 17 rings (SSSR count). The molecule has 20 heteroatoms. The number of likely N-dealkylation sites (tertiary alicyclic amines) is 2. The lowest BCUT2D eigenvalue weighted by atomic mass is 9.77. The maximum Gasteiger partial charge on any atom is 0.146 e. The summed E-state index contributed by atoms with van der Waals surface area (Å²) in [5.41, 5.74) is 4.68. The molecule has 2 saturated heterocycles. The number of halogens is 2. The number of fused-ring (bicyclic) bond motifs is 4. The van der Waals surface area contributed by atoms with Gasteiger partial charge in [0.1, 0.15) is 11.3 Å².